The summed E-state index contributed by atoms with van der Waals surface area (Å²) in [5, 5.41) is 0. The summed E-state index contributed by atoms with van der Waals surface area (Å²) in [6.07, 6.45) is 0. The maximum Gasteiger partial charge on any atom is 0.732 e. The van der Waals surface area contributed by atoms with Gasteiger partial charge in [-0.15, -0.1) is 0 Å². The van der Waals surface area contributed by atoms with Crippen LogP contribution in [0.25, 0.3) is 0 Å². The van der Waals surface area contributed by atoms with Gasteiger partial charge in [0.1, 0.15) is 0 Å². The highest BCUT2D eigenvalue weighted by Crippen LogP contribution is 2.53. The van der Waals surface area contributed by atoms with Crippen molar-refractivity contribution in [1.29, 1.82) is 0 Å². The van der Waals surface area contributed by atoms with Crippen molar-refractivity contribution in [2.24, 2.45) is 0 Å². The van der Waals surface area contributed by atoms with Crippen LogP contribution < -0.4 is 0 Å². The Labute approximate surface area is 56.9 Å². The maximum absolute atomic E-state index is 10.2. The smallest absolute Gasteiger partial charge is 0.485 e. The fourth-order valence-electron chi connectivity index (χ4n) is 0.404. The Morgan fingerprint density at radius 2 is 2.20 bits per heavy atom. The van der Waals surface area contributed by atoms with Crippen LogP contribution in [0.3, 0.4) is 0 Å². The third-order valence-electron chi connectivity index (χ3n) is 0.701. The fraction of sp³-hybridized carbons (Fsp3) is 0.500. The van der Waals surface area contributed by atoms with Gasteiger partial charge in [-0.2, -0.15) is 0 Å². The molecule has 1 rings (SSSR count). The summed E-state index contributed by atoms with van der Waals surface area (Å²) < 4.78 is 22.6. The van der Waals surface area contributed by atoms with Crippen LogP contribution in [0, 0.1) is 0 Å². The van der Waals surface area contributed by atoms with Crippen molar-refractivity contribution in [3.63, 3.8) is 0 Å². The molecule has 0 unspecified atom stereocenters. The molecule has 0 atom stereocenters. The molecule has 0 saturated carbocycles. The third-order valence-corrected chi connectivity index (χ3v) is 1.58. The van der Waals surface area contributed by atoms with Crippen LogP contribution in [0.4, 0.5) is 0 Å². The number of rotatable bonds is 1. The summed E-state index contributed by atoms with van der Waals surface area (Å²) in [7, 11) is -5.17. The van der Waals surface area contributed by atoms with Crippen LogP contribution in [0.1, 0.15) is 6.92 Å². The molecule has 0 aliphatic carbocycles. The van der Waals surface area contributed by atoms with Crippen LogP contribution in [-0.4, -0.2) is 18.2 Å². The number of carbonyl (C=O) groups excluding carboxylic acids is 1. The van der Waals surface area contributed by atoms with E-state index in [2.05, 4.69) is 13.5 Å². The quantitative estimate of drug-likeness (QED) is 0.424. The fourth-order valence-corrected chi connectivity index (χ4v) is 0.941. The van der Waals surface area contributed by atoms with E-state index in [0.717, 1.165) is 6.92 Å². The lowest BCUT2D eigenvalue weighted by Gasteiger charge is -2.24. The highest BCUT2D eigenvalue weighted by atomic mass is 31.2. The van der Waals surface area contributed by atoms with Crippen molar-refractivity contribution in [3.05, 3.63) is 0 Å². The van der Waals surface area contributed by atoms with Crippen molar-refractivity contribution in [3.8, 4) is 0 Å². The van der Waals surface area contributed by atoms with Gasteiger partial charge in [0.15, 0.2) is 0 Å². The molecule has 10 heavy (non-hydrogen) atoms. The van der Waals surface area contributed by atoms with E-state index in [1.807, 2.05) is 0 Å². The van der Waals surface area contributed by atoms with Gasteiger partial charge in [0, 0.05) is 6.92 Å². The van der Waals surface area contributed by atoms with Crippen molar-refractivity contribution >= 4 is 21.1 Å². The standard InChI is InChI=1S/C2H4BO6P/c1-2(4)7-3-8-10(5,6)9-3/h1H3,(H,5,6). The minimum Gasteiger partial charge on any atom is -0.485 e. The molecule has 0 aromatic carbocycles. The molecule has 6 nitrogen and oxygen atoms in total. The molecule has 1 heterocycles. The Balaban J connectivity index is 2.27. The molecule has 0 radical (unpaired) electrons. The zero-order chi connectivity index (χ0) is 7.78. The van der Waals surface area contributed by atoms with Gasteiger partial charge in [-0.05, 0) is 0 Å². The summed E-state index contributed by atoms with van der Waals surface area (Å²) in [6, 6.07) is 0. The molecule has 0 amide bonds. The van der Waals surface area contributed by atoms with Crippen molar-refractivity contribution in [1.82, 2.24) is 0 Å². The van der Waals surface area contributed by atoms with Gasteiger partial charge in [-0.25, -0.2) is 4.57 Å². The lowest BCUT2D eigenvalue weighted by Crippen LogP contribution is -2.35. The summed E-state index contributed by atoms with van der Waals surface area (Å²) in [5.74, 6) is -0.635. The van der Waals surface area contributed by atoms with E-state index < -0.39 is 21.1 Å². The molecule has 1 aliphatic heterocycles. The third kappa shape index (κ3) is 1.81. The van der Waals surface area contributed by atoms with E-state index in [1.54, 1.807) is 0 Å². The molecule has 8 heteroatoms. The largest absolute Gasteiger partial charge is 0.732 e. The van der Waals surface area contributed by atoms with Crippen LogP contribution in [-0.2, 0) is 22.9 Å². The molecule has 0 aromatic heterocycles. The van der Waals surface area contributed by atoms with E-state index in [1.165, 1.54) is 0 Å². The number of phosphoric acid groups is 1. The average Bonchev–Trinajstić information content (AvgIpc) is 1.57. The normalized spacial score (nSPS) is 21.6. The Morgan fingerprint density at radius 1 is 1.70 bits per heavy atom. The second-order valence-electron chi connectivity index (χ2n) is 1.58. The van der Waals surface area contributed by atoms with E-state index in [9.17, 15) is 9.36 Å². The Morgan fingerprint density at radius 3 is 2.50 bits per heavy atom. The number of hydrogen-bond acceptors (Lipinski definition) is 5. The monoisotopic (exact) mass is 166 g/mol. The Kier molecular flexibility index (Phi) is 1.83. The highest BCUT2D eigenvalue weighted by Gasteiger charge is 2.51. The number of carbonyl (C=O) groups is 1. The van der Waals surface area contributed by atoms with Gasteiger partial charge in [0.2, 0.25) is 0 Å². The second kappa shape index (κ2) is 2.36. The topological polar surface area (TPSA) is 82.1 Å². The highest BCUT2D eigenvalue weighted by molar-refractivity contribution is 7.53. The SMILES string of the molecule is CC(=O)OB1OP(=O)(O)O1. The molecule has 1 N–H and O–H groups in total. The molecule has 1 saturated heterocycles. The van der Waals surface area contributed by atoms with Gasteiger partial charge in [-0.3, -0.25) is 13.7 Å². The predicted octanol–water partition coefficient (Wildman–Crippen LogP) is -0.318. The van der Waals surface area contributed by atoms with Crippen molar-refractivity contribution < 1.29 is 27.8 Å². The summed E-state index contributed by atoms with van der Waals surface area (Å²) in [4.78, 5) is 18.4. The first-order valence-electron chi connectivity index (χ1n) is 2.36. The van der Waals surface area contributed by atoms with Crippen molar-refractivity contribution in [2.45, 2.75) is 6.92 Å². The van der Waals surface area contributed by atoms with E-state index >= 15 is 0 Å². The summed E-state index contributed by atoms with van der Waals surface area (Å²) in [6.45, 7) is 1.13. The zero-order valence-corrected chi connectivity index (χ0v) is 5.91. The van der Waals surface area contributed by atoms with Gasteiger partial charge >= 0.3 is 15.1 Å². The van der Waals surface area contributed by atoms with Gasteiger partial charge in [0.05, 0.1) is 0 Å². The first-order valence-corrected chi connectivity index (χ1v) is 3.86. The summed E-state index contributed by atoms with van der Waals surface area (Å²) in [5.41, 5.74) is 0. The molecule has 56 valence electrons. The minimum absolute atomic E-state index is 0.635. The van der Waals surface area contributed by atoms with E-state index in [-0.39, 0.29) is 0 Å². The van der Waals surface area contributed by atoms with Gasteiger partial charge in [0.25, 0.3) is 5.97 Å². The lowest BCUT2D eigenvalue weighted by molar-refractivity contribution is -0.135. The molecule has 0 aromatic rings. The van der Waals surface area contributed by atoms with E-state index in [4.69, 9.17) is 4.89 Å². The minimum atomic E-state index is -3.86. The number of hydrogen-bond donors (Lipinski definition) is 1. The molecule has 1 aliphatic rings. The molecular formula is C2H4BO6P. The van der Waals surface area contributed by atoms with E-state index in [0.29, 0.717) is 0 Å². The van der Waals surface area contributed by atoms with Crippen LogP contribution in [0.5, 0.6) is 0 Å². The average molecular weight is 166 g/mol. The zero-order valence-electron chi connectivity index (χ0n) is 5.01. The van der Waals surface area contributed by atoms with Gasteiger partial charge in [-0.1, -0.05) is 0 Å². The molecule has 1 fully saturated rings. The molecular weight excluding hydrogens is 162 g/mol. The van der Waals surface area contributed by atoms with Crippen LogP contribution >= 0.6 is 7.82 Å². The van der Waals surface area contributed by atoms with Gasteiger partial charge < -0.3 is 9.55 Å². The molecule has 0 spiro atoms. The second-order valence-corrected chi connectivity index (χ2v) is 2.94. The Hall–Kier alpha value is -0.355. The molecule has 0 bridgehead atoms. The predicted molar refractivity (Wildman–Crippen MR) is 29.5 cm³/mol. The lowest BCUT2D eigenvalue weighted by atomic mass is 10.3. The Bertz CT molecular complexity index is 189. The van der Waals surface area contributed by atoms with Crippen LogP contribution in [0.15, 0.2) is 0 Å². The first-order chi connectivity index (χ1) is 4.49. The summed E-state index contributed by atoms with van der Waals surface area (Å²) >= 11 is 0. The first kappa shape index (κ1) is 7.75. The maximum atomic E-state index is 10.2. The van der Waals surface area contributed by atoms with Crippen LogP contribution in [0.2, 0.25) is 0 Å². The van der Waals surface area contributed by atoms with Crippen molar-refractivity contribution in [2.75, 3.05) is 0 Å².